The highest BCUT2D eigenvalue weighted by Gasteiger charge is 2.24. The molecule has 2 nitrogen and oxygen atoms in total. The Labute approximate surface area is 119 Å². The molecule has 3 N–H and O–H groups in total. The minimum Gasteiger partial charge on any atom is -0.271 e. The van der Waals surface area contributed by atoms with Crippen molar-refractivity contribution in [3.8, 4) is 0 Å². The molecule has 0 heterocycles. The van der Waals surface area contributed by atoms with Crippen molar-refractivity contribution in [1.82, 2.24) is 5.43 Å². The maximum absolute atomic E-state index is 6.28. The van der Waals surface area contributed by atoms with Gasteiger partial charge in [-0.15, -0.1) is 0 Å². The summed E-state index contributed by atoms with van der Waals surface area (Å²) in [5.41, 5.74) is 4.01. The van der Waals surface area contributed by atoms with E-state index in [1.807, 2.05) is 12.1 Å². The van der Waals surface area contributed by atoms with Crippen LogP contribution in [0.2, 0.25) is 10.0 Å². The fraction of sp³-hybridized carbons (Fsp3) is 0.571. The first kappa shape index (κ1) is 14.1. The molecule has 1 aromatic carbocycles. The molecule has 0 aliphatic heterocycles. The van der Waals surface area contributed by atoms with Crippen LogP contribution in [-0.4, -0.2) is 0 Å². The molecule has 1 atom stereocenters. The number of halogens is 2. The van der Waals surface area contributed by atoms with Gasteiger partial charge < -0.3 is 0 Å². The molecule has 100 valence electrons. The normalized spacial score (nSPS) is 19.5. The fourth-order valence-electron chi connectivity index (χ4n) is 2.88. The SMILES string of the molecule is NNC(c1ccc(Cl)cc1Cl)C1CCCCCC1. The standard InChI is InChI=1S/C14H20Cl2N2/c15-11-7-8-12(13(16)9-11)14(18-17)10-5-3-1-2-4-6-10/h7-10,14,18H,1-6,17H2. The lowest BCUT2D eigenvalue weighted by molar-refractivity contribution is 0.329. The summed E-state index contributed by atoms with van der Waals surface area (Å²) in [5.74, 6) is 6.32. The molecule has 1 saturated carbocycles. The maximum atomic E-state index is 6.28. The van der Waals surface area contributed by atoms with E-state index in [2.05, 4.69) is 5.43 Å². The Morgan fingerprint density at radius 2 is 1.78 bits per heavy atom. The minimum absolute atomic E-state index is 0.132. The number of hydrogen-bond donors (Lipinski definition) is 2. The number of hydrogen-bond acceptors (Lipinski definition) is 2. The Morgan fingerprint density at radius 3 is 2.33 bits per heavy atom. The summed E-state index contributed by atoms with van der Waals surface area (Å²) in [6.45, 7) is 0. The lowest BCUT2D eigenvalue weighted by Gasteiger charge is -2.26. The summed E-state index contributed by atoms with van der Waals surface area (Å²) in [5, 5.41) is 1.37. The summed E-state index contributed by atoms with van der Waals surface area (Å²) >= 11 is 12.2. The van der Waals surface area contributed by atoms with Crippen molar-refractivity contribution in [2.75, 3.05) is 0 Å². The Balaban J connectivity index is 2.20. The molecule has 2 rings (SSSR count). The highest BCUT2D eigenvalue weighted by atomic mass is 35.5. The summed E-state index contributed by atoms with van der Waals surface area (Å²) in [4.78, 5) is 0. The quantitative estimate of drug-likeness (QED) is 0.489. The zero-order valence-electron chi connectivity index (χ0n) is 10.5. The zero-order valence-corrected chi connectivity index (χ0v) is 12.0. The molecule has 1 aliphatic rings. The predicted molar refractivity (Wildman–Crippen MR) is 77.7 cm³/mol. The molecular weight excluding hydrogens is 267 g/mol. The molecule has 1 aromatic rings. The second kappa shape index (κ2) is 6.76. The number of hydrazine groups is 1. The van der Waals surface area contributed by atoms with E-state index in [1.54, 1.807) is 6.07 Å². The van der Waals surface area contributed by atoms with Crippen LogP contribution in [0, 0.1) is 5.92 Å². The van der Waals surface area contributed by atoms with E-state index < -0.39 is 0 Å². The van der Waals surface area contributed by atoms with Crippen LogP contribution in [0.1, 0.15) is 50.1 Å². The molecule has 1 aliphatic carbocycles. The van der Waals surface area contributed by atoms with Crippen molar-refractivity contribution in [2.24, 2.45) is 11.8 Å². The van der Waals surface area contributed by atoms with E-state index in [4.69, 9.17) is 29.0 Å². The third-order valence-electron chi connectivity index (χ3n) is 3.85. The van der Waals surface area contributed by atoms with Gasteiger partial charge in [0.25, 0.3) is 0 Å². The van der Waals surface area contributed by atoms with Gasteiger partial charge in [0, 0.05) is 10.0 Å². The largest absolute Gasteiger partial charge is 0.271 e. The lowest BCUT2D eigenvalue weighted by atomic mass is 9.87. The van der Waals surface area contributed by atoms with E-state index in [9.17, 15) is 0 Å². The molecule has 0 radical (unpaired) electrons. The van der Waals surface area contributed by atoms with Crippen molar-refractivity contribution in [3.05, 3.63) is 33.8 Å². The predicted octanol–water partition coefficient (Wildman–Crippen LogP) is 4.47. The number of nitrogens with one attached hydrogen (secondary N) is 1. The van der Waals surface area contributed by atoms with Crippen LogP contribution in [-0.2, 0) is 0 Å². The third kappa shape index (κ3) is 3.39. The van der Waals surface area contributed by atoms with Crippen molar-refractivity contribution in [3.63, 3.8) is 0 Å². The molecule has 0 bridgehead atoms. The number of rotatable bonds is 3. The molecule has 18 heavy (non-hydrogen) atoms. The lowest BCUT2D eigenvalue weighted by Crippen LogP contribution is -2.33. The van der Waals surface area contributed by atoms with Gasteiger partial charge in [0.2, 0.25) is 0 Å². The zero-order chi connectivity index (χ0) is 13.0. The Bertz CT molecular complexity index is 387. The van der Waals surface area contributed by atoms with E-state index in [-0.39, 0.29) is 6.04 Å². The van der Waals surface area contributed by atoms with Crippen LogP contribution in [0.5, 0.6) is 0 Å². The van der Waals surface area contributed by atoms with Crippen molar-refractivity contribution in [1.29, 1.82) is 0 Å². The molecule has 1 unspecified atom stereocenters. The average Bonchev–Trinajstić information content (AvgIpc) is 2.62. The smallest absolute Gasteiger partial charge is 0.0502 e. The van der Waals surface area contributed by atoms with Gasteiger partial charge in [0.15, 0.2) is 0 Å². The molecular formula is C14H20Cl2N2. The van der Waals surface area contributed by atoms with Crippen molar-refractivity contribution in [2.45, 2.75) is 44.6 Å². The van der Waals surface area contributed by atoms with Gasteiger partial charge >= 0.3 is 0 Å². The van der Waals surface area contributed by atoms with Gasteiger partial charge in [-0.1, -0.05) is 55.0 Å². The van der Waals surface area contributed by atoms with Crippen LogP contribution in [0.25, 0.3) is 0 Å². The van der Waals surface area contributed by atoms with Crippen LogP contribution in [0.3, 0.4) is 0 Å². The monoisotopic (exact) mass is 286 g/mol. The minimum atomic E-state index is 0.132. The summed E-state index contributed by atoms with van der Waals surface area (Å²) in [7, 11) is 0. The van der Waals surface area contributed by atoms with E-state index >= 15 is 0 Å². The second-order valence-electron chi connectivity index (χ2n) is 5.06. The van der Waals surface area contributed by atoms with Gasteiger partial charge in [0.05, 0.1) is 6.04 Å². The Morgan fingerprint density at radius 1 is 1.11 bits per heavy atom. The molecule has 4 heteroatoms. The highest BCUT2D eigenvalue weighted by molar-refractivity contribution is 6.35. The average molecular weight is 287 g/mol. The summed E-state index contributed by atoms with van der Waals surface area (Å²) in [6, 6.07) is 5.79. The summed E-state index contributed by atoms with van der Waals surface area (Å²) < 4.78 is 0. The fourth-order valence-corrected chi connectivity index (χ4v) is 3.40. The first-order valence-corrected chi connectivity index (χ1v) is 7.39. The molecule has 0 spiro atoms. The summed E-state index contributed by atoms with van der Waals surface area (Å²) in [6.07, 6.45) is 7.67. The van der Waals surface area contributed by atoms with Gasteiger partial charge in [-0.3, -0.25) is 11.3 Å². The van der Waals surface area contributed by atoms with Gasteiger partial charge in [-0.05, 0) is 36.5 Å². The Hall–Kier alpha value is -0.280. The van der Waals surface area contributed by atoms with Crippen LogP contribution in [0.15, 0.2) is 18.2 Å². The van der Waals surface area contributed by atoms with Gasteiger partial charge in [-0.2, -0.15) is 0 Å². The molecule has 0 aromatic heterocycles. The topological polar surface area (TPSA) is 38.0 Å². The maximum Gasteiger partial charge on any atom is 0.0502 e. The first-order chi connectivity index (χ1) is 8.72. The van der Waals surface area contributed by atoms with E-state index in [1.165, 1.54) is 38.5 Å². The highest BCUT2D eigenvalue weighted by Crippen LogP contribution is 2.36. The third-order valence-corrected chi connectivity index (χ3v) is 4.41. The Kier molecular flexibility index (Phi) is 5.31. The van der Waals surface area contributed by atoms with Crippen LogP contribution in [0.4, 0.5) is 0 Å². The van der Waals surface area contributed by atoms with Crippen molar-refractivity contribution >= 4 is 23.2 Å². The number of nitrogens with two attached hydrogens (primary N) is 1. The number of benzene rings is 1. The second-order valence-corrected chi connectivity index (χ2v) is 5.91. The molecule has 0 amide bonds. The van der Waals surface area contributed by atoms with E-state index in [0.717, 1.165) is 5.56 Å². The van der Waals surface area contributed by atoms with Gasteiger partial charge in [-0.25, -0.2) is 0 Å². The van der Waals surface area contributed by atoms with Crippen molar-refractivity contribution < 1.29 is 0 Å². The first-order valence-electron chi connectivity index (χ1n) is 6.63. The van der Waals surface area contributed by atoms with Crippen LogP contribution >= 0.6 is 23.2 Å². The molecule has 1 fully saturated rings. The molecule has 0 saturated heterocycles. The van der Waals surface area contributed by atoms with Gasteiger partial charge in [0.1, 0.15) is 0 Å². The van der Waals surface area contributed by atoms with E-state index in [0.29, 0.717) is 16.0 Å². The van der Waals surface area contributed by atoms with Crippen LogP contribution < -0.4 is 11.3 Å².